The van der Waals surface area contributed by atoms with Gasteiger partial charge in [0.15, 0.2) is 0 Å². The van der Waals surface area contributed by atoms with Gasteiger partial charge in [-0.3, -0.25) is 14.4 Å². The van der Waals surface area contributed by atoms with E-state index in [1.807, 2.05) is 6.07 Å². The molecule has 0 radical (unpaired) electrons. The van der Waals surface area contributed by atoms with E-state index >= 15 is 0 Å². The van der Waals surface area contributed by atoms with Crippen molar-refractivity contribution in [1.29, 1.82) is 5.26 Å². The highest BCUT2D eigenvalue weighted by molar-refractivity contribution is 5.95. The van der Waals surface area contributed by atoms with Gasteiger partial charge in [0.05, 0.1) is 12.8 Å². The highest BCUT2D eigenvalue weighted by Gasteiger charge is 2.14. The number of ether oxygens (including phenoxy) is 1. The van der Waals surface area contributed by atoms with Gasteiger partial charge in [-0.15, -0.1) is 0 Å². The Morgan fingerprint density at radius 2 is 1.96 bits per heavy atom. The Hall–Kier alpha value is -3.60. The summed E-state index contributed by atoms with van der Waals surface area (Å²) in [7, 11) is 1.49. The Morgan fingerprint density at radius 3 is 2.57 bits per heavy atom. The molecule has 28 heavy (non-hydrogen) atoms. The monoisotopic (exact) mass is 382 g/mol. The summed E-state index contributed by atoms with van der Waals surface area (Å²) in [4.78, 5) is 38.1. The van der Waals surface area contributed by atoms with E-state index in [1.54, 1.807) is 32.0 Å². The molecule has 8 nitrogen and oxygen atoms in total. The van der Waals surface area contributed by atoms with Crippen molar-refractivity contribution in [2.75, 3.05) is 17.7 Å². The fraction of sp³-hybridized carbons (Fsp3) is 0.300. The predicted octanol–water partition coefficient (Wildman–Crippen LogP) is 2.40. The van der Waals surface area contributed by atoms with Gasteiger partial charge >= 0.3 is 0 Å². The van der Waals surface area contributed by atoms with E-state index in [2.05, 4.69) is 15.6 Å². The zero-order chi connectivity index (χ0) is 20.8. The van der Waals surface area contributed by atoms with Crippen LogP contribution >= 0.6 is 0 Å². The number of aromatic nitrogens is 1. The van der Waals surface area contributed by atoms with Crippen molar-refractivity contribution in [3.05, 3.63) is 50.9 Å². The standard InChI is InChI=1S/C20H22N4O4/c1-11-15(12(2)22-20(27)16(11)10-21)6-8-19(26)24-17-9-14(23-13(3)25)5-7-18(17)28-4/h5,7,9H,6,8H2,1-4H3,(H,22,27)(H,23,25)(H,24,26). The van der Waals surface area contributed by atoms with Crippen molar-refractivity contribution in [3.8, 4) is 11.8 Å². The lowest BCUT2D eigenvalue weighted by Gasteiger charge is -2.13. The second kappa shape index (κ2) is 8.86. The number of hydrogen-bond donors (Lipinski definition) is 3. The molecule has 1 heterocycles. The number of nitrogens with zero attached hydrogens (tertiary/aromatic N) is 1. The molecule has 0 bridgehead atoms. The second-order valence-electron chi connectivity index (χ2n) is 6.31. The topological polar surface area (TPSA) is 124 Å². The third-order valence-electron chi connectivity index (χ3n) is 4.32. The number of hydrogen-bond acceptors (Lipinski definition) is 5. The number of carbonyl (C=O) groups excluding carboxylic acids is 2. The summed E-state index contributed by atoms with van der Waals surface area (Å²) in [5.74, 6) is -0.0211. The molecule has 8 heteroatoms. The third kappa shape index (κ3) is 4.76. The maximum Gasteiger partial charge on any atom is 0.266 e. The molecule has 0 saturated carbocycles. The zero-order valence-corrected chi connectivity index (χ0v) is 16.2. The van der Waals surface area contributed by atoms with Crippen LogP contribution in [-0.2, 0) is 16.0 Å². The SMILES string of the molecule is COc1ccc(NC(C)=O)cc1NC(=O)CCc1c(C)[nH]c(=O)c(C#N)c1C. The second-order valence-corrected chi connectivity index (χ2v) is 6.31. The predicted molar refractivity (Wildman–Crippen MR) is 106 cm³/mol. The Bertz CT molecular complexity index is 1020. The summed E-state index contributed by atoms with van der Waals surface area (Å²) < 4.78 is 5.25. The van der Waals surface area contributed by atoms with Crippen molar-refractivity contribution in [1.82, 2.24) is 4.98 Å². The van der Waals surface area contributed by atoms with Gasteiger partial charge in [-0.2, -0.15) is 5.26 Å². The van der Waals surface area contributed by atoms with E-state index in [0.29, 0.717) is 34.8 Å². The number of aryl methyl sites for hydroxylation is 1. The number of benzene rings is 1. The van der Waals surface area contributed by atoms with Gasteiger partial charge in [-0.1, -0.05) is 0 Å². The minimum absolute atomic E-state index is 0.0608. The van der Waals surface area contributed by atoms with Crippen LogP contribution in [-0.4, -0.2) is 23.9 Å². The van der Waals surface area contributed by atoms with E-state index in [-0.39, 0.29) is 23.8 Å². The van der Waals surface area contributed by atoms with Crippen LogP contribution in [0.3, 0.4) is 0 Å². The minimum atomic E-state index is -0.426. The Labute approximate surface area is 162 Å². The van der Waals surface area contributed by atoms with Crippen LogP contribution in [0.25, 0.3) is 0 Å². The van der Waals surface area contributed by atoms with E-state index in [0.717, 1.165) is 5.56 Å². The van der Waals surface area contributed by atoms with Gasteiger partial charge < -0.3 is 20.4 Å². The number of carbonyl (C=O) groups is 2. The van der Waals surface area contributed by atoms with Crippen LogP contribution in [0.5, 0.6) is 5.75 Å². The number of anilines is 2. The molecular formula is C20H22N4O4. The fourth-order valence-electron chi connectivity index (χ4n) is 2.96. The highest BCUT2D eigenvalue weighted by atomic mass is 16.5. The summed E-state index contributed by atoms with van der Waals surface area (Å²) in [5, 5.41) is 14.6. The van der Waals surface area contributed by atoms with Gasteiger partial charge in [0.25, 0.3) is 5.56 Å². The molecule has 2 rings (SSSR count). The minimum Gasteiger partial charge on any atom is -0.495 e. The van der Waals surface area contributed by atoms with Gasteiger partial charge in [0.1, 0.15) is 17.4 Å². The number of H-pyrrole nitrogens is 1. The van der Waals surface area contributed by atoms with E-state index in [4.69, 9.17) is 10.00 Å². The van der Waals surface area contributed by atoms with E-state index < -0.39 is 5.56 Å². The first-order valence-electron chi connectivity index (χ1n) is 8.64. The molecule has 0 aliphatic heterocycles. The molecule has 1 aromatic heterocycles. The van der Waals surface area contributed by atoms with Crippen LogP contribution in [0.2, 0.25) is 0 Å². The fourth-order valence-corrected chi connectivity index (χ4v) is 2.96. The molecule has 2 amide bonds. The summed E-state index contributed by atoms with van der Waals surface area (Å²) in [6.07, 6.45) is 0.509. The van der Waals surface area contributed by atoms with E-state index in [9.17, 15) is 14.4 Å². The van der Waals surface area contributed by atoms with Crippen LogP contribution in [0.4, 0.5) is 11.4 Å². The van der Waals surface area contributed by atoms with Crippen molar-refractivity contribution < 1.29 is 14.3 Å². The third-order valence-corrected chi connectivity index (χ3v) is 4.32. The summed E-state index contributed by atoms with van der Waals surface area (Å²) in [5.41, 5.74) is 2.60. The highest BCUT2D eigenvalue weighted by Crippen LogP contribution is 2.28. The molecule has 0 unspecified atom stereocenters. The average Bonchev–Trinajstić information content (AvgIpc) is 2.61. The molecular weight excluding hydrogens is 360 g/mol. The lowest BCUT2D eigenvalue weighted by Crippen LogP contribution is -2.18. The van der Waals surface area contributed by atoms with Gasteiger partial charge in [0.2, 0.25) is 11.8 Å². The number of methoxy groups -OCH3 is 1. The zero-order valence-electron chi connectivity index (χ0n) is 16.2. The molecule has 0 spiro atoms. The number of pyridine rings is 1. The van der Waals surface area contributed by atoms with Crippen LogP contribution < -0.4 is 20.9 Å². The van der Waals surface area contributed by atoms with Gasteiger partial charge in [-0.05, 0) is 49.6 Å². The summed E-state index contributed by atoms with van der Waals surface area (Å²) >= 11 is 0. The molecule has 0 fully saturated rings. The first kappa shape index (κ1) is 20.7. The molecule has 146 valence electrons. The normalized spacial score (nSPS) is 10.1. The van der Waals surface area contributed by atoms with Crippen molar-refractivity contribution in [2.24, 2.45) is 0 Å². The van der Waals surface area contributed by atoms with Crippen molar-refractivity contribution >= 4 is 23.2 Å². The molecule has 2 aromatic rings. The number of aromatic amines is 1. The smallest absolute Gasteiger partial charge is 0.266 e. The Kier molecular flexibility index (Phi) is 6.55. The Morgan fingerprint density at radius 1 is 1.25 bits per heavy atom. The molecule has 3 N–H and O–H groups in total. The van der Waals surface area contributed by atoms with Crippen molar-refractivity contribution in [2.45, 2.75) is 33.6 Å². The molecule has 0 aliphatic carbocycles. The summed E-state index contributed by atoms with van der Waals surface area (Å²) in [6.45, 7) is 4.84. The molecule has 0 atom stereocenters. The molecule has 0 saturated heterocycles. The lowest BCUT2D eigenvalue weighted by atomic mass is 9.99. The van der Waals surface area contributed by atoms with Gasteiger partial charge in [-0.25, -0.2) is 0 Å². The number of amides is 2. The first-order valence-corrected chi connectivity index (χ1v) is 8.64. The lowest BCUT2D eigenvalue weighted by molar-refractivity contribution is -0.116. The average molecular weight is 382 g/mol. The van der Waals surface area contributed by atoms with Crippen molar-refractivity contribution in [3.63, 3.8) is 0 Å². The van der Waals surface area contributed by atoms with Gasteiger partial charge in [0, 0.05) is 24.7 Å². The number of nitriles is 1. The molecule has 1 aromatic carbocycles. The molecule has 0 aliphatic rings. The summed E-state index contributed by atoms with van der Waals surface area (Å²) in [6, 6.07) is 6.84. The largest absolute Gasteiger partial charge is 0.495 e. The van der Waals surface area contributed by atoms with Crippen LogP contribution in [0.1, 0.15) is 35.7 Å². The number of nitrogens with one attached hydrogen (secondary N) is 3. The maximum atomic E-state index is 12.4. The quantitative estimate of drug-likeness (QED) is 0.708. The van der Waals surface area contributed by atoms with Crippen LogP contribution in [0.15, 0.2) is 23.0 Å². The maximum absolute atomic E-state index is 12.4. The number of rotatable bonds is 6. The first-order chi connectivity index (χ1) is 13.3. The van der Waals surface area contributed by atoms with E-state index in [1.165, 1.54) is 14.0 Å². The van der Waals surface area contributed by atoms with Crippen LogP contribution in [0, 0.1) is 25.2 Å². The Balaban J connectivity index is 2.17.